The average molecular weight is 259 g/mol. The predicted molar refractivity (Wildman–Crippen MR) is 79.5 cm³/mol. The van der Waals surface area contributed by atoms with Crippen LogP contribution in [-0.4, -0.2) is 0 Å². The molecule has 1 heteroatoms. The Labute approximate surface area is 115 Å². The molecule has 2 aromatic carbocycles. The zero-order valence-corrected chi connectivity index (χ0v) is 12.2. The maximum atomic E-state index is 6.58. The monoisotopic (exact) mass is 258 g/mol. The highest BCUT2D eigenvalue weighted by Gasteiger charge is 2.12. The van der Waals surface area contributed by atoms with Gasteiger partial charge in [-0.15, -0.1) is 11.6 Å². The summed E-state index contributed by atoms with van der Waals surface area (Å²) in [6, 6.07) is 12.9. The normalized spacial score (nSPS) is 11.0. The van der Waals surface area contributed by atoms with Gasteiger partial charge < -0.3 is 0 Å². The summed E-state index contributed by atoms with van der Waals surface area (Å²) in [6.45, 7) is 8.50. The fourth-order valence-electron chi connectivity index (χ4n) is 2.04. The molecule has 0 spiro atoms. The second kappa shape index (κ2) is 5.16. The van der Waals surface area contributed by atoms with Crippen LogP contribution in [0.5, 0.6) is 0 Å². The lowest BCUT2D eigenvalue weighted by Gasteiger charge is -2.13. The van der Waals surface area contributed by atoms with Crippen molar-refractivity contribution in [1.82, 2.24) is 0 Å². The first-order valence-corrected chi connectivity index (χ1v) is 6.71. The Morgan fingerprint density at radius 2 is 1.06 bits per heavy atom. The van der Waals surface area contributed by atoms with Crippen LogP contribution in [0.15, 0.2) is 36.4 Å². The lowest BCUT2D eigenvalue weighted by Crippen LogP contribution is -1.96. The van der Waals surface area contributed by atoms with Crippen LogP contribution >= 0.6 is 11.6 Å². The summed E-state index contributed by atoms with van der Waals surface area (Å²) in [4.78, 5) is 0. The summed E-state index contributed by atoms with van der Waals surface area (Å²) in [5, 5.41) is -0.0661. The molecule has 0 fully saturated rings. The van der Waals surface area contributed by atoms with Crippen molar-refractivity contribution in [1.29, 1.82) is 0 Å². The molecule has 0 aromatic heterocycles. The summed E-state index contributed by atoms with van der Waals surface area (Å²) in [7, 11) is 0. The van der Waals surface area contributed by atoms with Crippen molar-refractivity contribution in [2.24, 2.45) is 0 Å². The molecule has 0 heterocycles. The topological polar surface area (TPSA) is 0 Å². The van der Waals surface area contributed by atoms with Crippen molar-refractivity contribution in [3.63, 3.8) is 0 Å². The van der Waals surface area contributed by atoms with Crippen molar-refractivity contribution in [2.75, 3.05) is 0 Å². The number of halogens is 1. The molecule has 0 unspecified atom stereocenters. The van der Waals surface area contributed by atoms with Crippen molar-refractivity contribution in [2.45, 2.75) is 33.1 Å². The van der Waals surface area contributed by atoms with Gasteiger partial charge in [0.15, 0.2) is 0 Å². The van der Waals surface area contributed by atoms with Gasteiger partial charge in [0, 0.05) is 0 Å². The first kappa shape index (κ1) is 13.2. The van der Waals surface area contributed by atoms with E-state index in [0.717, 1.165) is 0 Å². The number of hydrogen-bond donors (Lipinski definition) is 0. The fourth-order valence-corrected chi connectivity index (χ4v) is 2.31. The third-order valence-corrected chi connectivity index (χ3v) is 4.15. The molecule has 0 bridgehead atoms. The van der Waals surface area contributed by atoms with Gasteiger partial charge in [0.1, 0.15) is 0 Å². The van der Waals surface area contributed by atoms with E-state index in [1.165, 1.54) is 33.4 Å². The molecule has 94 valence electrons. The lowest BCUT2D eigenvalue weighted by molar-refractivity contribution is 1.11. The Bertz CT molecular complexity index is 518. The van der Waals surface area contributed by atoms with Gasteiger partial charge in [0.25, 0.3) is 0 Å². The van der Waals surface area contributed by atoms with Crippen LogP contribution in [0.25, 0.3) is 0 Å². The van der Waals surface area contributed by atoms with Crippen LogP contribution in [0, 0.1) is 27.7 Å². The van der Waals surface area contributed by atoms with Gasteiger partial charge in [-0.25, -0.2) is 0 Å². The molecule has 0 atom stereocenters. The zero-order valence-electron chi connectivity index (χ0n) is 11.4. The van der Waals surface area contributed by atoms with Crippen LogP contribution in [0.1, 0.15) is 38.8 Å². The third-order valence-electron chi connectivity index (χ3n) is 3.65. The molecule has 0 saturated carbocycles. The smallest absolute Gasteiger partial charge is 0.0835 e. The molecule has 0 N–H and O–H groups in total. The predicted octanol–water partition coefficient (Wildman–Crippen LogP) is 5.25. The second-order valence-electron chi connectivity index (χ2n) is 5.05. The van der Waals surface area contributed by atoms with E-state index in [0.29, 0.717) is 0 Å². The average Bonchev–Trinajstić information content (AvgIpc) is 2.35. The van der Waals surface area contributed by atoms with E-state index in [1.807, 2.05) is 0 Å². The molecule has 0 aliphatic carbocycles. The molecular formula is C17H19Cl. The quantitative estimate of drug-likeness (QED) is 0.646. The molecule has 0 amide bonds. The number of alkyl halides is 1. The van der Waals surface area contributed by atoms with E-state index in [1.54, 1.807) is 0 Å². The molecule has 0 nitrogen and oxygen atoms in total. The largest absolute Gasteiger partial charge is 0.113 e. The van der Waals surface area contributed by atoms with Crippen LogP contribution in [0.2, 0.25) is 0 Å². The summed E-state index contributed by atoms with van der Waals surface area (Å²) in [6.07, 6.45) is 0. The van der Waals surface area contributed by atoms with E-state index in [9.17, 15) is 0 Å². The highest BCUT2D eigenvalue weighted by Crippen LogP contribution is 2.30. The molecule has 0 radical (unpaired) electrons. The summed E-state index contributed by atoms with van der Waals surface area (Å²) >= 11 is 6.58. The van der Waals surface area contributed by atoms with Crippen LogP contribution < -0.4 is 0 Å². The number of benzene rings is 2. The Balaban J connectivity index is 2.37. The number of aryl methyl sites for hydroxylation is 4. The van der Waals surface area contributed by atoms with E-state index in [2.05, 4.69) is 64.1 Å². The third kappa shape index (κ3) is 2.59. The van der Waals surface area contributed by atoms with Gasteiger partial charge in [-0.1, -0.05) is 36.4 Å². The van der Waals surface area contributed by atoms with Gasteiger partial charge in [-0.2, -0.15) is 0 Å². The summed E-state index contributed by atoms with van der Waals surface area (Å²) in [5.41, 5.74) is 7.54. The number of rotatable bonds is 2. The van der Waals surface area contributed by atoms with E-state index < -0.39 is 0 Å². The van der Waals surface area contributed by atoms with Crippen LogP contribution in [0.4, 0.5) is 0 Å². The van der Waals surface area contributed by atoms with Crippen LogP contribution in [0.3, 0.4) is 0 Å². The van der Waals surface area contributed by atoms with E-state index in [4.69, 9.17) is 11.6 Å². The first-order chi connectivity index (χ1) is 8.49. The Morgan fingerprint density at radius 1 is 0.667 bits per heavy atom. The number of hydrogen-bond acceptors (Lipinski definition) is 0. The SMILES string of the molecule is Cc1ccc(C(Cl)c2ccc(C)c(C)c2)cc1C. The van der Waals surface area contributed by atoms with Crippen molar-refractivity contribution < 1.29 is 0 Å². The highest BCUT2D eigenvalue weighted by atomic mass is 35.5. The zero-order chi connectivity index (χ0) is 13.3. The van der Waals surface area contributed by atoms with Gasteiger partial charge >= 0.3 is 0 Å². The van der Waals surface area contributed by atoms with Gasteiger partial charge in [0.05, 0.1) is 5.38 Å². The maximum absolute atomic E-state index is 6.58. The minimum atomic E-state index is -0.0661. The van der Waals surface area contributed by atoms with E-state index in [-0.39, 0.29) is 5.38 Å². The highest BCUT2D eigenvalue weighted by molar-refractivity contribution is 6.22. The minimum Gasteiger partial charge on any atom is -0.113 e. The van der Waals surface area contributed by atoms with Crippen LogP contribution in [-0.2, 0) is 0 Å². The first-order valence-electron chi connectivity index (χ1n) is 6.27. The molecule has 2 aromatic rings. The van der Waals surface area contributed by atoms with Gasteiger partial charge in [0.2, 0.25) is 0 Å². The van der Waals surface area contributed by atoms with Crippen molar-refractivity contribution in [3.05, 3.63) is 69.8 Å². The Morgan fingerprint density at radius 3 is 1.39 bits per heavy atom. The molecule has 0 aliphatic rings. The maximum Gasteiger partial charge on any atom is 0.0835 e. The van der Waals surface area contributed by atoms with Gasteiger partial charge in [-0.05, 0) is 61.1 Å². The standard InChI is InChI=1S/C17H19Cl/c1-11-5-7-15(9-13(11)3)17(18)16-8-6-12(2)14(4)10-16/h5-10,17H,1-4H3. The Kier molecular flexibility index (Phi) is 3.77. The van der Waals surface area contributed by atoms with Crippen molar-refractivity contribution in [3.8, 4) is 0 Å². The van der Waals surface area contributed by atoms with Gasteiger partial charge in [-0.3, -0.25) is 0 Å². The molecule has 0 saturated heterocycles. The van der Waals surface area contributed by atoms with Crippen molar-refractivity contribution >= 4 is 11.6 Å². The molecular weight excluding hydrogens is 240 g/mol. The second-order valence-corrected chi connectivity index (χ2v) is 5.49. The fraction of sp³-hybridized carbons (Fsp3) is 0.294. The van der Waals surface area contributed by atoms with E-state index >= 15 is 0 Å². The molecule has 18 heavy (non-hydrogen) atoms. The molecule has 0 aliphatic heterocycles. The lowest BCUT2D eigenvalue weighted by atomic mass is 9.98. The Hall–Kier alpha value is -1.27. The summed E-state index contributed by atoms with van der Waals surface area (Å²) < 4.78 is 0. The minimum absolute atomic E-state index is 0.0661. The molecule has 2 rings (SSSR count). The summed E-state index contributed by atoms with van der Waals surface area (Å²) in [5.74, 6) is 0.